The van der Waals surface area contributed by atoms with E-state index in [4.69, 9.17) is 0 Å². The van der Waals surface area contributed by atoms with Gasteiger partial charge in [0.05, 0.1) is 0 Å². The predicted octanol–water partition coefficient (Wildman–Crippen LogP) is 1.55. The van der Waals surface area contributed by atoms with Crippen molar-refractivity contribution in [3.05, 3.63) is 28.7 Å². The van der Waals surface area contributed by atoms with Crippen LogP contribution < -0.4 is 10.9 Å². The van der Waals surface area contributed by atoms with Crippen LogP contribution in [0.2, 0.25) is 0 Å². The average Bonchev–Trinajstić information content (AvgIpc) is 2.32. The van der Waals surface area contributed by atoms with Crippen molar-refractivity contribution in [1.29, 1.82) is 0 Å². The van der Waals surface area contributed by atoms with Crippen LogP contribution >= 0.6 is 0 Å². The van der Waals surface area contributed by atoms with E-state index in [9.17, 15) is 4.79 Å². The number of likely N-dealkylation sites (N-methyl/N-ethyl adjacent to an activating group) is 1. The van der Waals surface area contributed by atoms with Gasteiger partial charge in [-0.05, 0) is 45.5 Å². The van der Waals surface area contributed by atoms with Gasteiger partial charge in [-0.15, -0.1) is 0 Å². The van der Waals surface area contributed by atoms with E-state index >= 15 is 0 Å². The molecule has 0 amide bonds. The molecule has 1 aromatic heterocycles. The van der Waals surface area contributed by atoms with Crippen molar-refractivity contribution in [2.24, 2.45) is 0 Å². The molecule has 0 aromatic carbocycles. The van der Waals surface area contributed by atoms with Crippen LogP contribution in [0.1, 0.15) is 25.8 Å². The highest BCUT2D eigenvalue weighted by atomic mass is 16.1. The molecule has 0 spiro atoms. The van der Waals surface area contributed by atoms with Gasteiger partial charge in [-0.1, -0.05) is 0 Å². The Balaban J connectivity index is 2.25. The second kappa shape index (κ2) is 5.36. The molecule has 4 heteroatoms. The first-order chi connectivity index (χ1) is 8.22. The molecule has 2 heterocycles. The van der Waals surface area contributed by atoms with Crippen LogP contribution in [0.15, 0.2) is 23.1 Å². The van der Waals surface area contributed by atoms with E-state index < -0.39 is 0 Å². The zero-order valence-corrected chi connectivity index (χ0v) is 10.6. The van der Waals surface area contributed by atoms with Crippen molar-refractivity contribution in [2.75, 3.05) is 32.0 Å². The summed E-state index contributed by atoms with van der Waals surface area (Å²) in [5, 5.41) is 3.12. The van der Waals surface area contributed by atoms with Gasteiger partial charge in [-0.25, -0.2) is 0 Å². The minimum Gasteiger partial charge on any atom is -0.381 e. The maximum atomic E-state index is 12.2. The van der Waals surface area contributed by atoms with E-state index in [1.165, 1.54) is 6.42 Å². The number of piperidine rings is 1. The number of rotatable bonds is 3. The molecule has 1 N–H and O–H groups in total. The highest BCUT2D eigenvalue weighted by Gasteiger charge is 2.19. The third-order valence-electron chi connectivity index (χ3n) is 3.33. The minimum atomic E-state index is 0.106. The maximum Gasteiger partial charge on any atom is 0.274 e. The van der Waals surface area contributed by atoms with Crippen molar-refractivity contribution >= 4 is 5.69 Å². The Morgan fingerprint density at radius 3 is 3.06 bits per heavy atom. The molecule has 1 fully saturated rings. The molecule has 17 heavy (non-hydrogen) atoms. The number of likely N-dealkylation sites (tertiary alicyclic amines) is 1. The predicted molar refractivity (Wildman–Crippen MR) is 70.6 cm³/mol. The quantitative estimate of drug-likeness (QED) is 0.863. The van der Waals surface area contributed by atoms with Gasteiger partial charge in [0.2, 0.25) is 0 Å². The first-order valence-corrected chi connectivity index (χ1v) is 6.36. The van der Waals surface area contributed by atoms with Crippen molar-refractivity contribution in [3.8, 4) is 0 Å². The summed E-state index contributed by atoms with van der Waals surface area (Å²) in [5.41, 5.74) is 0.817. The summed E-state index contributed by atoms with van der Waals surface area (Å²) >= 11 is 0. The molecule has 2 rings (SSSR count). The van der Waals surface area contributed by atoms with Crippen LogP contribution in [0.3, 0.4) is 0 Å². The van der Waals surface area contributed by atoms with Crippen molar-refractivity contribution in [3.63, 3.8) is 0 Å². The van der Waals surface area contributed by atoms with Crippen LogP contribution in [0.4, 0.5) is 5.69 Å². The number of anilines is 1. The highest BCUT2D eigenvalue weighted by Crippen LogP contribution is 2.19. The molecule has 1 unspecified atom stereocenters. The van der Waals surface area contributed by atoms with E-state index in [0.717, 1.165) is 26.1 Å². The molecule has 0 bridgehead atoms. The van der Waals surface area contributed by atoms with Gasteiger partial charge < -0.3 is 14.8 Å². The second-order valence-corrected chi connectivity index (χ2v) is 4.72. The summed E-state index contributed by atoms with van der Waals surface area (Å²) in [4.78, 5) is 14.5. The van der Waals surface area contributed by atoms with Gasteiger partial charge in [0.1, 0.15) is 5.69 Å². The Kier molecular flexibility index (Phi) is 3.84. The Hall–Kier alpha value is -1.29. The number of aromatic nitrogens is 1. The summed E-state index contributed by atoms with van der Waals surface area (Å²) in [7, 11) is 2.12. The molecule has 0 radical (unpaired) electrons. The molecule has 1 saturated heterocycles. The molecule has 1 aromatic rings. The number of hydrogen-bond donors (Lipinski definition) is 1. The lowest BCUT2D eigenvalue weighted by molar-refractivity contribution is 0.209. The van der Waals surface area contributed by atoms with Crippen molar-refractivity contribution in [2.45, 2.75) is 25.8 Å². The number of hydrogen-bond acceptors (Lipinski definition) is 3. The third kappa shape index (κ3) is 2.69. The highest BCUT2D eigenvalue weighted by molar-refractivity contribution is 5.40. The van der Waals surface area contributed by atoms with Crippen LogP contribution in [-0.2, 0) is 0 Å². The smallest absolute Gasteiger partial charge is 0.274 e. The fourth-order valence-electron chi connectivity index (χ4n) is 2.49. The lowest BCUT2D eigenvalue weighted by Crippen LogP contribution is -2.37. The fraction of sp³-hybridized carbons (Fsp3) is 0.615. The fourth-order valence-corrected chi connectivity index (χ4v) is 2.49. The molecule has 1 aliphatic rings. The average molecular weight is 235 g/mol. The summed E-state index contributed by atoms with van der Waals surface area (Å²) < 4.78 is 1.88. The van der Waals surface area contributed by atoms with Crippen molar-refractivity contribution < 1.29 is 0 Å². The molecular weight excluding hydrogens is 214 g/mol. The topological polar surface area (TPSA) is 37.3 Å². The summed E-state index contributed by atoms with van der Waals surface area (Å²) in [5.74, 6) is 0. The molecule has 1 atom stereocenters. The van der Waals surface area contributed by atoms with E-state index in [2.05, 4.69) is 17.3 Å². The maximum absolute atomic E-state index is 12.2. The first kappa shape index (κ1) is 12.2. The number of nitrogens with one attached hydrogen (secondary N) is 1. The summed E-state index contributed by atoms with van der Waals surface area (Å²) in [6.07, 6.45) is 4.17. The summed E-state index contributed by atoms with van der Waals surface area (Å²) in [6, 6.07) is 4.13. The minimum absolute atomic E-state index is 0.106. The molecule has 1 aliphatic heterocycles. The Bertz CT molecular complexity index is 427. The van der Waals surface area contributed by atoms with E-state index in [0.29, 0.717) is 11.7 Å². The van der Waals surface area contributed by atoms with Crippen molar-refractivity contribution in [1.82, 2.24) is 9.47 Å². The van der Waals surface area contributed by atoms with Gasteiger partial charge >= 0.3 is 0 Å². The van der Waals surface area contributed by atoms with Gasteiger partial charge in [0.15, 0.2) is 0 Å². The number of pyridine rings is 1. The van der Waals surface area contributed by atoms with Crippen LogP contribution in [0, 0.1) is 0 Å². The number of nitrogens with zero attached hydrogens (tertiary/aromatic N) is 2. The largest absolute Gasteiger partial charge is 0.381 e. The molecule has 94 valence electrons. The Morgan fingerprint density at radius 1 is 1.53 bits per heavy atom. The first-order valence-electron chi connectivity index (χ1n) is 6.36. The molecular formula is C13H21N3O. The normalized spacial score (nSPS) is 21.4. The zero-order valence-electron chi connectivity index (χ0n) is 10.6. The Labute approximate surface area is 102 Å². The SMILES string of the molecule is CCNc1cccn(C2CCCN(C)C2)c1=O. The third-order valence-corrected chi connectivity index (χ3v) is 3.33. The zero-order chi connectivity index (χ0) is 12.3. The van der Waals surface area contributed by atoms with Gasteiger partial charge in [0.25, 0.3) is 5.56 Å². The van der Waals surface area contributed by atoms with Crippen LogP contribution in [0.25, 0.3) is 0 Å². The van der Waals surface area contributed by atoms with E-state index in [1.54, 1.807) is 0 Å². The molecule has 0 saturated carbocycles. The second-order valence-electron chi connectivity index (χ2n) is 4.72. The van der Waals surface area contributed by atoms with E-state index in [-0.39, 0.29) is 5.56 Å². The van der Waals surface area contributed by atoms with E-state index in [1.807, 2.05) is 29.8 Å². The van der Waals surface area contributed by atoms with Gasteiger partial charge in [0, 0.05) is 25.3 Å². The summed E-state index contributed by atoms with van der Waals surface area (Å²) in [6.45, 7) is 4.89. The monoisotopic (exact) mass is 235 g/mol. The standard InChI is InChI=1S/C13H21N3O/c1-3-14-12-7-5-9-16(13(12)17)11-6-4-8-15(2)10-11/h5,7,9,11,14H,3-4,6,8,10H2,1-2H3. The molecule has 0 aliphatic carbocycles. The van der Waals surface area contributed by atoms with Gasteiger partial charge in [-0.3, -0.25) is 4.79 Å². The van der Waals surface area contributed by atoms with Crippen LogP contribution in [0.5, 0.6) is 0 Å². The lowest BCUT2D eigenvalue weighted by Gasteiger charge is -2.31. The lowest BCUT2D eigenvalue weighted by atomic mass is 10.1. The molecule has 4 nitrogen and oxygen atoms in total. The van der Waals surface area contributed by atoms with Crippen LogP contribution in [-0.4, -0.2) is 36.1 Å². The Morgan fingerprint density at radius 2 is 2.35 bits per heavy atom. The van der Waals surface area contributed by atoms with Gasteiger partial charge in [-0.2, -0.15) is 0 Å².